The van der Waals surface area contributed by atoms with Crippen LogP contribution in [0.15, 0.2) is 36.4 Å². The summed E-state index contributed by atoms with van der Waals surface area (Å²) in [5.41, 5.74) is 0.366. The van der Waals surface area contributed by atoms with E-state index >= 15 is 0 Å². The molecule has 19 heavy (non-hydrogen) atoms. The van der Waals surface area contributed by atoms with Gasteiger partial charge in [-0.25, -0.2) is 13.2 Å². The predicted molar refractivity (Wildman–Crippen MR) is 68.7 cm³/mol. The van der Waals surface area contributed by atoms with Crippen molar-refractivity contribution in [1.29, 1.82) is 0 Å². The molecule has 1 atom stereocenters. The molecule has 1 nitrogen and oxygen atoms in total. The Morgan fingerprint density at radius 2 is 1.63 bits per heavy atom. The molecule has 0 aliphatic heterocycles. The molecule has 1 unspecified atom stereocenters. The van der Waals surface area contributed by atoms with E-state index in [1.807, 2.05) is 0 Å². The summed E-state index contributed by atoms with van der Waals surface area (Å²) in [6, 6.07) is 6.86. The van der Waals surface area contributed by atoms with Gasteiger partial charge in [0.2, 0.25) is 0 Å². The molecule has 1 N–H and O–H groups in total. The van der Waals surface area contributed by atoms with E-state index in [0.717, 1.165) is 0 Å². The Labute approximate surface area is 114 Å². The maximum absolute atomic E-state index is 13.8. The van der Waals surface area contributed by atoms with E-state index in [1.165, 1.54) is 36.4 Å². The van der Waals surface area contributed by atoms with Crippen molar-refractivity contribution in [3.63, 3.8) is 0 Å². The van der Waals surface area contributed by atoms with E-state index in [2.05, 4.69) is 5.32 Å². The third-order valence-corrected chi connectivity index (χ3v) is 3.14. The second-order valence-corrected chi connectivity index (χ2v) is 4.44. The molecule has 0 saturated carbocycles. The van der Waals surface area contributed by atoms with E-state index in [4.69, 9.17) is 11.6 Å². The fraction of sp³-hybridized carbons (Fsp3) is 0.143. The van der Waals surface area contributed by atoms with Crippen LogP contribution in [0.3, 0.4) is 0 Å². The zero-order valence-electron chi connectivity index (χ0n) is 10.1. The zero-order valence-corrected chi connectivity index (χ0v) is 10.8. The highest BCUT2D eigenvalue weighted by molar-refractivity contribution is 6.30. The molecule has 100 valence electrons. The monoisotopic (exact) mass is 285 g/mol. The maximum atomic E-state index is 13.8. The molecule has 2 rings (SSSR count). The minimum absolute atomic E-state index is 0.0884. The summed E-state index contributed by atoms with van der Waals surface area (Å²) in [4.78, 5) is 0. The molecule has 0 aliphatic rings. The topological polar surface area (TPSA) is 12.0 Å². The van der Waals surface area contributed by atoms with Crippen molar-refractivity contribution in [1.82, 2.24) is 5.32 Å². The smallest absolute Gasteiger partial charge is 0.141 e. The van der Waals surface area contributed by atoms with E-state index < -0.39 is 23.5 Å². The lowest BCUT2D eigenvalue weighted by atomic mass is 9.98. The number of hydrogen-bond donors (Lipinski definition) is 1. The molecule has 0 radical (unpaired) electrons. The third-order valence-electron chi connectivity index (χ3n) is 2.85. The Morgan fingerprint density at radius 3 is 2.16 bits per heavy atom. The first kappa shape index (κ1) is 13.9. The van der Waals surface area contributed by atoms with Crippen molar-refractivity contribution in [3.8, 4) is 0 Å². The Balaban J connectivity index is 2.53. The van der Waals surface area contributed by atoms with Gasteiger partial charge in [0.15, 0.2) is 0 Å². The lowest BCUT2D eigenvalue weighted by Gasteiger charge is -2.19. The molecule has 0 spiro atoms. The highest BCUT2D eigenvalue weighted by Crippen LogP contribution is 2.29. The van der Waals surface area contributed by atoms with Crippen LogP contribution in [0.1, 0.15) is 17.2 Å². The molecule has 0 fully saturated rings. The number of hydrogen-bond acceptors (Lipinski definition) is 1. The molecule has 2 aromatic carbocycles. The maximum Gasteiger partial charge on any atom is 0.141 e. The van der Waals surface area contributed by atoms with Crippen molar-refractivity contribution < 1.29 is 13.2 Å². The van der Waals surface area contributed by atoms with Gasteiger partial charge in [0.25, 0.3) is 0 Å². The van der Waals surface area contributed by atoms with Crippen LogP contribution in [0, 0.1) is 17.5 Å². The van der Waals surface area contributed by atoms with E-state index in [9.17, 15) is 13.2 Å². The standard InChI is InChI=1S/C14H11ClF3N/c1-19-14(8-5-6-10(16)9(15)7-8)13-11(17)3-2-4-12(13)18/h2-7,14,19H,1H3. The van der Waals surface area contributed by atoms with Gasteiger partial charge < -0.3 is 5.32 Å². The fourth-order valence-corrected chi connectivity index (χ4v) is 2.15. The zero-order chi connectivity index (χ0) is 14.0. The van der Waals surface area contributed by atoms with Gasteiger partial charge in [-0.3, -0.25) is 0 Å². The second-order valence-electron chi connectivity index (χ2n) is 4.03. The van der Waals surface area contributed by atoms with Crippen LogP contribution in [0.5, 0.6) is 0 Å². The predicted octanol–water partition coefficient (Wildman–Crippen LogP) is 4.07. The summed E-state index contributed by atoms with van der Waals surface area (Å²) in [5.74, 6) is -1.91. The van der Waals surface area contributed by atoms with Gasteiger partial charge in [-0.1, -0.05) is 23.7 Å². The highest BCUT2D eigenvalue weighted by Gasteiger charge is 2.21. The molecule has 0 bridgehead atoms. The van der Waals surface area contributed by atoms with Crippen LogP contribution >= 0.6 is 11.6 Å². The van der Waals surface area contributed by atoms with Crippen molar-refractivity contribution in [2.75, 3.05) is 7.05 Å². The van der Waals surface area contributed by atoms with Crippen molar-refractivity contribution in [2.24, 2.45) is 0 Å². The second kappa shape index (κ2) is 5.63. The summed E-state index contributed by atoms with van der Waals surface area (Å²) in [5, 5.41) is 2.71. The summed E-state index contributed by atoms with van der Waals surface area (Å²) >= 11 is 5.69. The molecular weight excluding hydrogens is 275 g/mol. The highest BCUT2D eigenvalue weighted by atomic mass is 35.5. The van der Waals surface area contributed by atoms with Crippen LogP contribution < -0.4 is 5.32 Å². The Hall–Kier alpha value is -1.52. The molecule has 0 saturated heterocycles. The summed E-state index contributed by atoms with van der Waals surface area (Å²) < 4.78 is 40.7. The minimum atomic E-state index is -0.737. The molecule has 2 aromatic rings. The first-order valence-electron chi connectivity index (χ1n) is 5.60. The van der Waals surface area contributed by atoms with Crippen LogP contribution in [-0.2, 0) is 0 Å². The Kier molecular flexibility index (Phi) is 4.12. The average Bonchev–Trinajstić information content (AvgIpc) is 2.37. The van der Waals surface area contributed by atoms with Gasteiger partial charge in [0.1, 0.15) is 17.5 Å². The molecule has 0 aromatic heterocycles. The molecular formula is C14H11ClF3N. The quantitative estimate of drug-likeness (QED) is 0.896. The molecule has 0 aliphatic carbocycles. The first-order chi connectivity index (χ1) is 9.04. The summed E-state index contributed by atoms with van der Waals surface area (Å²) in [6.45, 7) is 0. The van der Waals surface area contributed by atoms with Gasteiger partial charge in [-0.05, 0) is 36.9 Å². The van der Waals surface area contributed by atoms with Crippen LogP contribution in [0.2, 0.25) is 5.02 Å². The minimum Gasteiger partial charge on any atom is -0.309 e. The van der Waals surface area contributed by atoms with E-state index in [1.54, 1.807) is 7.05 Å². The normalized spacial score (nSPS) is 12.5. The van der Waals surface area contributed by atoms with Gasteiger partial charge >= 0.3 is 0 Å². The largest absolute Gasteiger partial charge is 0.309 e. The van der Waals surface area contributed by atoms with Crippen LogP contribution in [-0.4, -0.2) is 7.05 Å². The number of nitrogens with one attached hydrogen (secondary N) is 1. The van der Waals surface area contributed by atoms with Crippen molar-refractivity contribution in [3.05, 3.63) is 70.0 Å². The van der Waals surface area contributed by atoms with E-state index in [-0.39, 0.29) is 10.6 Å². The molecule has 0 heterocycles. The molecule has 0 amide bonds. The van der Waals surface area contributed by atoms with E-state index in [0.29, 0.717) is 5.56 Å². The van der Waals surface area contributed by atoms with Crippen molar-refractivity contribution >= 4 is 11.6 Å². The Bertz CT molecular complexity index is 581. The van der Waals surface area contributed by atoms with Gasteiger partial charge in [0, 0.05) is 5.56 Å². The fourth-order valence-electron chi connectivity index (χ4n) is 1.96. The van der Waals surface area contributed by atoms with Gasteiger partial charge in [-0.15, -0.1) is 0 Å². The summed E-state index contributed by atoms with van der Waals surface area (Å²) in [6.07, 6.45) is 0. The van der Waals surface area contributed by atoms with Gasteiger partial charge in [-0.2, -0.15) is 0 Å². The SMILES string of the molecule is CNC(c1ccc(F)c(Cl)c1)c1c(F)cccc1F. The summed E-state index contributed by atoms with van der Waals surface area (Å²) in [7, 11) is 1.56. The lowest BCUT2D eigenvalue weighted by molar-refractivity contribution is 0.521. The molecule has 5 heteroatoms. The average molecular weight is 286 g/mol. The lowest BCUT2D eigenvalue weighted by Crippen LogP contribution is -2.20. The Morgan fingerprint density at radius 1 is 1.00 bits per heavy atom. The van der Waals surface area contributed by atoms with Crippen molar-refractivity contribution in [2.45, 2.75) is 6.04 Å². The van der Waals surface area contributed by atoms with Gasteiger partial charge in [0.05, 0.1) is 11.1 Å². The number of rotatable bonds is 3. The van der Waals surface area contributed by atoms with Crippen LogP contribution in [0.25, 0.3) is 0 Å². The third kappa shape index (κ3) is 2.74. The number of benzene rings is 2. The number of halogens is 4. The van der Waals surface area contributed by atoms with Crippen LogP contribution in [0.4, 0.5) is 13.2 Å². The first-order valence-corrected chi connectivity index (χ1v) is 5.98.